The normalized spacial score (nSPS) is 11.9. The summed E-state index contributed by atoms with van der Waals surface area (Å²) in [5, 5.41) is 4.83. The van der Waals surface area contributed by atoms with Gasteiger partial charge in [-0.15, -0.1) is 0 Å². The van der Waals surface area contributed by atoms with E-state index in [9.17, 15) is 9.59 Å². The quantitative estimate of drug-likeness (QED) is 0.860. The van der Waals surface area contributed by atoms with Gasteiger partial charge in [0.15, 0.2) is 11.5 Å². The summed E-state index contributed by atoms with van der Waals surface area (Å²) in [4.78, 5) is 23.8. The average molecular weight is 363 g/mol. The molecule has 0 saturated carbocycles. The van der Waals surface area contributed by atoms with E-state index in [0.29, 0.717) is 22.7 Å². The second-order valence-corrected chi connectivity index (χ2v) is 5.40. The van der Waals surface area contributed by atoms with E-state index in [1.165, 1.54) is 6.07 Å². The van der Waals surface area contributed by atoms with Crippen LogP contribution in [0.3, 0.4) is 0 Å². The average Bonchev–Trinajstić information content (AvgIpc) is 2.97. The summed E-state index contributed by atoms with van der Waals surface area (Å²) in [6.07, 6.45) is 0. The van der Waals surface area contributed by atoms with Crippen LogP contribution in [0.1, 0.15) is 10.4 Å². The number of amides is 3. The van der Waals surface area contributed by atoms with Gasteiger partial charge in [-0.3, -0.25) is 10.1 Å². The minimum absolute atomic E-state index is 0.129. The Morgan fingerprint density at radius 3 is 2.50 bits per heavy atom. The van der Waals surface area contributed by atoms with Crippen LogP contribution in [-0.2, 0) is 0 Å². The molecule has 0 radical (unpaired) electrons. The summed E-state index contributed by atoms with van der Waals surface area (Å²) in [6.45, 7) is 0.129. The Bertz CT molecular complexity index is 731. The molecule has 22 heavy (non-hydrogen) atoms. The fourth-order valence-electron chi connectivity index (χ4n) is 1.91. The van der Waals surface area contributed by atoms with Crippen molar-refractivity contribution in [3.8, 4) is 11.5 Å². The maximum absolute atomic E-state index is 12.0. The molecule has 1 aliphatic rings. The number of anilines is 1. The first-order chi connectivity index (χ1) is 10.6. The van der Waals surface area contributed by atoms with Crippen LogP contribution < -0.4 is 20.1 Å². The van der Waals surface area contributed by atoms with Crippen LogP contribution in [-0.4, -0.2) is 18.7 Å². The Balaban J connectivity index is 1.63. The first kappa shape index (κ1) is 14.4. The fraction of sp³-hybridized carbons (Fsp3) is 0.0667. The zero-order chi connectivity index (χ0) is 15.5. The molecule has 3 rings (SSSR count). The largest absolute Gasteiger partial charge is 0.454 e. The number of nitrogens with one attached hydrogen (secondary N) is 2. The smallest absolute Gasteiger partial charge is 0.326 e. The molecular weight excluding hydrogens is 352 g/mol. The molecule has 7 heteroatoms. The first-order valence-electron chi connectivity index (χ1n) is 6.39. The van der Waals surface area contributed by atoms with Gasteiger partial charge in [-0.25, -0.2) is 4.79 Å². The highest BCUT2D eigenvalue weighted by Crippen LogP contribution is 2.32. The van der Waals surface area contributed by atoms with E-state index >= 15 is 0 Å². The van der Waals surface area contributed by atoms with E-state index in [2.05, 4.69) is 26.6 Å². The number of rotatable bonds is 2. The van der Waals surface area contributed by atoms with E-state index in [4.69, 9.17) is 9.47 Å². The number of halogens is 1. The number of carbonyl (C=O) groups excluding carboxylic acids is 2. The summed E-state index contributed by atoms with van der Waals surface area (Å²) < 4.78 is 11.3. The molecule has 0 saturated heterocycles. The lowest BCUT2D eigenvalue weighted by Gasteiger charge is -2.07. The molecule has 0 aliphatic carbocycles. The van der Waals surface area contributed by atoms with Crippen molar-refractivity contribution in [2.24, 2.45) is 0 Å². The number of fused-ring (bicyclic) bond motifs is 1. The van der Waals surface area contributed by atoms with Crippen molar-refractivity contribution in [2.45, 2.75) is 0 Å². The lowest BCUT2D eigenvalue weighted by Crippen LogP contribution is -2.34. The molecule has 2 aromatic carbocycles. The van der Waals surface area contributed by atoms with Crippen molar-refractivity contribution in [2.75, 3.05) is 12.1 Å². The van der Waals surface area contributed by atoms with Gasteiger partial charge in [0.2, 0.25) is 6.79 Å². The van der Waals surface area contributed by atoms with Crippen LogP contribution in [0.15, 0.2) is 46.9 Å². The van der Waals surface area contributed by atoms with E-state index in [1.807, 2.05) is 0 Å². The van der Waals surface area contributed by atoms with Gasteiger partial charge in [0.1, 0.15) is 0 Å². The topological polar surface area (TPSA) is 76.7 Å². The number of hydrogen-bond donors (Lipinski definition) is 2. The summed E-state index contributed by atoms with van der Waals surface area (Å²) >= 11 is 3.30. The Hall–Kier alpha value is -2.54. The van der Waals surface area contributed by atoms with Crippen LogP contribution >= 0.6 is 15.9 Å². The van der Waals surface area contributed by atoms with Crippen molar-refractivity contribution in [3.05, 3.63) is 52.5 Å². The lowest BCUT2D eigenvalue weighted by atomic mass is 10.2. The summed E-state index contributed by atoms with van der Waals surface area (Å²) in [5.41, 5.74) is 0.898. The molecule has 2 N–H and O–H groups in total. The maximum Gasteiger partial charge on any atom is 0.326 e. The number of benzene rings is 2. The van der Waals surface area contributed by atoms with Crippen molar-refractivity contribution in [3.63, 3.8) is 0 Å². The molecule has 1 aliphatic heterocycles. The monoisotopic (exact) mass is 362 g/mol. The number of ether oxygens (including phenoxy) is 2. The molecule has 3 amide bonds. The number of hydrogen-bond acceptors (Lipinski definition) is 4. The summed E-state index contributed by atoms with van der Waals surface area (Å²) in [5.74, 6) is 0.546. The van der Waals surface area contributed by atoms with Crippen molar-refractivity contribution in [1.82, 2.24) is 5.32 Å². The molecule has 0 atom stereocenters. The van der Waals surface area contributed by atoms with Gasteiger partial charge >= 0.3 is 6.03 Å². The highest BCUT2D eigenvalue weighted by molar-refractivity contribution is 9.10. The molecule has 0 bridgehead atoms. The fourth-order valence-corrected chi connectivity index (χ4v) is 2.17. The third kappa shape index (κ3) is 3.20. The highest BCUT2D eigenvalue weighted by Gasteiger charge is 2.17. The van der Waals surface area contributed by atoms with Crippen LogP contribution in [0.25, 0.3) is 0 Å². The Labute approximate surface area is 134 Å². The summed E-state index contributed by atoms with van der Waals surface area (Å²) in [6, 6.07) is 11.1. The molecule has 2 aromatic rings. The van der Waals surface area contributed by atoms with Gasteiger partial charge in [-0.1, -0.05) is 15.9 Å². The zero-order valence-corrected chi connectivity index (χ0v) is 12.8. The molecular formula is C15H11BrN2O4. The Kier molecular flexibility index (Phi) is 3.97. The number of imide groups is 1. The second-order valence-electron chi connectivity index (χ2n) is 4.48. The number of carbonyl (C=O) groups is 2. The van der Waals surface area contributed by atoms with E-state index in [-0.39, 0.29) is 6.79 Å². The van der Waals surface area contributed by atoms with Gasteiger partial charge < -0.3 is 14.8 Å². The van der Waals surface area contributed by atoms with E-state index in [1.54, 1.807) is 36.4 Å². The molecule has 0 aromatic heterocycles. The Morgan fingerprint density at radius 1 is 1.00 bits per heavy atom. The minimum atomic E-state index is -0.606. The number of urea groups is 1. The molecule has 6 nitrogen and oxygen atoms in total. The highest BCUT2D eigenvalue weighted by atomic mass is 79.9. The standard InChI is InChI=1S/C15H11BrN2O4/c16-10-2-4-11(5-3-10)17-15(20)18-14(19)9-1-6-12-13(7-9)22-8-21-12/h1-7H,8H2,(H2,17,18,19,20). The molecule has 1 heterocycles. The molecule has 112 valence electrons. The van der Waals surface area contributed by atoms with Gasteiger partial charge in [-0.2, -0.15) is 0 Å². The molecule has 0 unspecified atom stereocenters. The van der Waals surface area contributed by atoms with Crippen molar-refractivity contribution < 1.29 is 19.1 Å². The third-order valence-electron chi connectivity index (χ3n) is 2.96. The van der Waals surface area contributed by atoms with Crippen LogP contribution in [0.5, 0.6) is 11.5 Å². The first-order valence-corrected chi connectivity index (χ1v) is 7.19. The van der Waals surface area contributed by atoms with Crippen molar-refractivity contribution in [1.29, 1.82) is 0 Å². The van der Waals surface area contributed by atoms with Gasteiger partial charge in [0.05, 0.1) is 0 Å². The SMILES string of the molecule is O=C(NC(=O)c1ccc2c(c1)OCO2)Nc1ccc(Br)cc1. The van der Waals surface area contributed by atoms with E-state index < -0.39 is 11.9 Å². The van der Waals surface area contributed by atoms with Crippen molar-refractivity contribution >= 4 is 33.6 Å². The predicted molar refractivity (Wildman–Crippen MR) is 83.2 cm³/mol. The lowest BCUT2D eigenvalue weighted by molar-refractivity contribution is 0.0966. The molecule has 0 fully saturated rings. The van der Waals surface area contributed by atoms with Gasteiger partial charge in [-0.05, 0) is 42.5 Å². The van der Waals surface area contributed by atoms with Gasteiger partial charge in [0, 0.05) is 15.7 Å². The molecule has 0 spiro atoms. The van der Waals surface area contributed by atoms with Crippen LogP contribution in [0.4, 0.5) is 10.5 Å². The zero-order valence-electron chi connectivity index (χ0n) is 11.3. The maximum atomic E-state index is 12.0. The minimum Gasteiger partial charge on any atom is -0.454 e. The third-order valence-corrected chi connectivity index (χ3v) is 3.49. The predicted octanol–water partition coefficient (Wildman–Crippen LogP) is 3.14. The van der Waals surface area contributed by atoms with Crippen LogP contribution in [0.2, 0.25) is 0 Å². The Morgan fingerprint density at radius 2 is 1.73 bits per heavy atom. The second kappa shape index (κ2) is 6.07. The van der Waals surface area contributed by atoms with E-state index in [0.717, 1.165) is 4.47 Å². The van der Waals surface area contributed by atoms with Gasteiger partial charge in [0.25, 0.3) is 5.91 Å². The summed E-state index contributed by atoms with van der Waals surface area (Å²) in [7, 11) is 0. The van der Waals surface area contributed by atoms with Crippen LogP contribution in [0, 0.1) is 0 Å².